The Hall–Kier alpha value is -2.25. The van der Waals surface area contributed by atoms with Crippen LogP contribution >= 0.6 is 0 Å². The first-order valence-corrected chi connectivity index (χ1v) is 8.09. The predicted octanol–water partition coefficient (Wildman–Crippen LogP) is 2.13. The molecule has 0 saturated carbocycles. The van der Waals surface area contributed by atoms with Gasteiger partial charge in [0.1, 0.15) is 0 Å². The molecule has 22 heavy (non-hydrogen) atoms. The summed E-state index contributed by atoms with van der Waals surface area (Å²) in [7, 11) is -3.78. The van der Waals surface area contributed by atoms with Crippen molar-refractivity contribution in [3.63, 3.8) is 0 Å². The number of sulfonamides is 1. The molecule has 7 heteroatoms. The van der Waals surface area contributed by atoms with Crippen molar-refractivity contribution in [2.75, 3.05) is 0 Å². The Kier molecular flexibility index (Phi) is 4.58. The zero-order chi connectivity index (χ0) is 16.3. The molecule has 2 N–H and O–H groups in total. The van der Waals surface area contributed by atoms with Gasteiger partial charge in [-0.15, -0.1) is 0 Å². The van der Waals surface area contributed by atoms with Gasteiger partial charge in [0.25, 0.3) is 0 Å². The highest BCUT2D eigenvalue weighted by Crippen LogP contribution is 2.24. The quantitative estimate of drug-likeness (QED) is 0.880. The summed E-state index contributed by atoms with van der Waals surface area (Å²) >= 11 is 0. The fourth-order valence-corrected chi connectivity index (χ4v) is 3.28. The molecule has 2 rings (SSSR count). The molecule has 0 saturated heterocycles. The first kappa shape index (κ1) is 16.1. The summed E-state index contributed by atoms with van der Waals surface area (Å²) in [5, 5.41) is 9.20. The number of rotatable bonds is 5. The maximum atomic E-state index is 12.3. The number of carboxylic acids is 1. The number of hydrogen-bond acceptors (Lipinski definition) is 4. The highest BCUT2D eigenvalue weighted by Gasteiger charge is 2.19. The van der Waals surface area contributed by atoms with Crippen molar-refractivity contribution in [1.29, 1.82) is 0 Å². The summed E-state index contributed by atoms with van der Waals surface area (Å²) in [4.78, 5) is 15.1. The lowest BCUT2D eigenvalue weighted by atomic mass is 10.0. The minimum Gasteiger partial charge on any atom is -0.478 e. The van der Waals surface area contributed by atoms with Crippen molar-refractivity contribution >= 4 is 16.0 Å². The van der Waals surface area contributed by atoms with E-state index in [2.05, 4.69) is 9.71 Å². The Balaban J connectivity index is 2.61. The number of aromatic carboxylic acids is 1. The van der Waals surface area contributed by atoms with Crippen LogP contribution in [0.25, 0.3) is 11.1 Å². The van der Waals surface area contributed by atoms with E-state index >= 15 is 0 Å². The van der Waals surface area contributed by atoms with E-state index in [9.17, 15) is 18.3 Å². The van der Waals surface area contributed by atoms with E-state index in [1.165, 1.54) is 12.1 Å². The van der Waals surface area contributed by atoms with Gasteiger partial charge >= 0.3 is 5.97 Å². The van der Waals surface area contributed by atoms with Gasteiger partial charge in [-0.05, 0) is 43.7 Å². The second-order valence-corrected chi connectivity index (χ2v) is 6.78. The Morgan fingerprint density at radius 1 is 1.23 bits per heavy atom. The lowest BCUT2D eigenvalue weighted by Gasteiger charge is -2.12. The molecule has 0 bridgehead atoms. The van der Waals surface area contributed by atoms with Gasteiger partial charge < -0.3 is 5.11 Å². The number of hydrogen-bond donors (Lipinski definition) is 2. The summed E-state index contributed by atoms with van der Waals surface area (Å²) in [5.74, 6) is -1.19. The van der Waals surface area contributed by atoms with Crippen LogP contribution in [0.3, 0.4) is 0 Å². The summed E-state index contributed by atoms with van der Waals surface area (Å²) < 4.78 is 27.0. The number of nitrogens with zero attached hydrogens (tertiary/aromatic N) is 1. The molecule has 0 amide bonds. The zero-order valence-corrected chi connectivity index (χ0v) is 13.0. The van der Waals surface area contributed by atoms with Crippen LogP contribution in [0.1, 0.15) is 24.2 Å². The highest BCUT2D eigenvalue weighted by atomic mass is 32.2. The van der Waals surface area contributed by atoms with E-state index < -0.39 is 16.0 Å². The molecule has 0 radical (unpaired) electrons. The molecule has 1 aromatic carbocycles. The highest BCUT2D eigenvalue weighted by molar-refractivity contribution is 7.89. The monoisotopic (exact) mass is 320 g/mol. The van der Waals surface area contributed by atoms with Crippen LogP contribution in [0, 0.1) is 0 Å². The van der Waals surface area contributed by atoms with Gasteiger partial charge in [-0.3, -0.25) is 4.98 Å². The van der Waals surface area contributed by atoms with Crippen LogP contribution < -0.4 is 4.72 Å². The first-order chi connectivity index (χ1) is 10.3. The van der Waals surface area contributed by atoms with Crippen LogP contribution in [0.15, 0.2) is 47.6 Å². The fourth-order valence-electron chi connectivity index (χ4n) is 1.96. The predicted molar refractivity (Wildman–Crippen MR) is 82.1 cm³/mol. The largest absolute Gasteiger partial charge is 0.478 e. The van der Waals surface area contributed by atoms with E-state index in [-0.39, 0.29) is 16.5 Å². The number of aromatic nitrogens is 1. The van der Waals surface area contributed by atoms with Crippen molar-refractivity contribution < 1.29 is 18.3 Å². The summed E-state index contributed by atoms with van der Waals surface area (Å²) in [5.41, 5.74) is 1.04. The van der Waals surface area contributed by atoms with E-state index in [1.54, 1.807) is 38.4 Å². The van der Waals surface area contributed by atoms with Crippen LogP contribution in [-0.4, -0.2) is 30.5 Å². The number of nitrogens with one attached hydrogen (secondary N) is 1. The molecular formula is C15H16N2O4S. The van der Waals surface area contributed by atoms with E-state index in [0.717, 1.165) is 6.07 Å². The maximum Gasteiger partial charge on any atom is 0.335 e. The van der Waals surface area contributed by atoms with Crippen LogP contribution in [0.5, 0.6) is 0 Å². The van der Waals surface area contributed by atoms with Crippen molar-refractivity contribution in [2.24, 2.45) is 0 Å². The minimum atomic E-state index is -3.78. The Morgan fingerprint density at radius 2 is 1.95 bits per heavy atom. The SMILES string of the molecule is CC(C)NS(=O)(=O)c1cc(C(=O)O)cc(-c2cccnc2)c1. The van der Waals surface area contributed by atoms with Gasteiger partial charge in [0.15, 0.2) is 0 Å². The molecular weight excluding hydrogens is 304 g/mol. The van der Waals surface area contributed by atoms with Crippen LogP contribution in [-0.2, 0) is 10.0 Å². The lowest BCUT2D eigenvalue weighted by Crippen LogP contribution is -2.30. The molecule has 1 aromatic heterocycles. The summed E-state index contributed by atoms with van der Waals surface area (Å²) in [6, 6.07) is 7.15. The molecule has 1 heterocycles. The molecule has 6 nitrogen and oxygen atoms in total. The number of carbonyl (C=O) groups is 1. The van der Waals surface area contributed by atoms with Crippen molar-refractivity contribution in [2.45, 2.75) is 24.8 Å². The first-order valence-electron chi connectivity index (χ1n) is 6.61. The smallest absolute Gasteiger partial charge is 0.335 e. The van der Waals surface area contributed by atoms with E-state index in [4.69, 9.17) is 0 Å². The number of pyridine rings is 1. The molecule has 116 valence electrons. The van der Waals surface area contributed by atoms with E-state index in [0.29, 0.717) is 11.1 Å². The third-order valence-electron chi connectivity index (χ3n) is 2.85. The van der Waals surface area contributed by atoms with Gasteiger partial charge in [-0.25, -0.2) is 17.9 Å². The number of carboxylic acid groups (broad SMARTS) is 1. The fraction of sp³-hybridized carbons (Fsp3) is 0.200. The third kappa shape index (κ3) is 3.69. The topological polar surface area (TPSA) is 96.4 Å². The Bertz CT molecular complexity index is 786. The lowest BCUT2D eigenvalue weighted by molar-refractivity contribution is 0.0696. The van der Waals surface area contributed by atoms with Crippen molar-refractivity contribution in [1.82, 2.24) is 9.71 Å². The normalized spacial score (nSPS) is 11.6. The molecule has 0 aliphatic heterocycles. The number of benzene rings is 1. The molecule has 0 aliphatic carbocycles. The summed E-state index contributed by atoms with van der Waals surface area (Å²) in [6.45, 7) is 3.39. The van der Waals surface area contributed by atoms with Gasteiger partial charge in [-0.1, -0.05) is 6.07 Å². The van der Waals surface area contributed by atoms with Gasteiger partial charge in [0.05, 0.1) is 10.5 Å². The minimum absolute atomic E-state index is 0.0834. The standard InChI is InChI=1S/C15H16N2O4S/c1-10(2)17-22(20,21)14-7-12(6-13(8-14)15(18)19)11-4-3-5-16-9-11/h3-10,17H,1-2H3,(H,18,19). The Labute approximate surface area is 128 Å². The van der Waals surface area contributed by atoms with Gasteiger partial charge in [-0.2, -0.15) is 0 Å². The second-order valence-electron chi connectivity index (χ2n) is 5.07. The van der Waals surface area contributed by atoms with Crippen molar-refractivity contribution in [3.05, 3.63) is 48.3 Å². The molecule has 0 spiro atoms. The molecule has 0 aliphatic rings. The van der Waals surface area contributed by atoms with Crippen LogP contribution in [0.4, 0.5) is 0 Å². The molecule has 0 atom stereocenters. The third-order valence-corrected chi connectivity index (χ3v) is 4.49. The van der Waals surface area contributed by atoms with Crippen molar-refractivity contribution in [3.8, 4) is 11.1 Å². The average molecular weight is 320 g/mol. The molecule has 2 aromatic rings. The summed E-state index contributed by atoms with van der Waals surface area (Å²) in [6.07, 6.45) is 3.13. The maximum absolute atomic E-state index is 12.3. The zero-order valence-electron chi connectivity index (χ0n) is 12.1. The molecule has 0 fully saturated rings. The van der Waals surface area contributed by atoms with Gasteiger partial charge in [0, 0.05) is 24.0 Å². The van der Waals surface area contributed by atoms with E-state index in [1.807, 2.05) is 0 Å². The van der Waals surface area contributed by atoms with Crippen LogP contribution in [0.2, 0.25) is 0 Å². The average Bonchev–Trinajstić information content (AvgIpc) is 2.46. The second kappa shape index (κ2) is 6.25. The molecule has 0 unspecified atom stereocenters. The van der Waals surface area contributed by atoms with Gasteiger partial charge in [0.2, 0.25) is 10.0 Å². The Morgan fingerprint density at radius 3 is 2.50 bits per heavy atom.